The highest BCUT2D eigenvalue weighted by Crippen LogP contribution is 2.18. The normalized spacial score (nSPS) is 10.2. The van der Waals surface area contributed by atoms with Gasteiger partial charge in [-0.1, -0.05) is 28.1 Å². The monoisotopic (exact) mass is 323 g/mol. The minimum atomic E-state index is -1.08. The molecule has 19 heavy (non-hydrogen) atoms. The molecule has 0 heterocycles. The van der Waals surface area contributed by atoms with Crippen molar-refractivity contribution in [3.05, 3.63) is 63.9 Å². The quantitative estimate of drug-likeness (QED) is 0.897. The lowest BCUT2D eigenvalue weighted by molar-refractivity contribution is 0.0697. The summed E-state index contributed by atoms with van der Waals surface area (Å²) < 4.78 is 14.5. The summed E-state index contributed by atoms with van der Waals surface area (Å²) in [6.07, 6.45) is 0. The first kappa shape index (κ1) is 13.5. The molecule has 0 unspecified atom stereocenters. The third kappa shape index (κ3) is 3.54. The van der Waals surface area contributed by atoms with Crippen molar-refractivity contribution in [3.8, 4) is 0 Å². The average Bonchev–Trinajstić information content (AvgIpc) is 2.39. The highest BCUT2D eigenvalue weighted by Gasteiger charge is 2.08. The molecule has 2 rings (SSSR count). The summed E-state index contributed by atoms with van der Waals surface area (Å²) in [6, 6.07) is 11.3. The van der Waals surface area contributed by atoms with Gasteiger partial charge in [0.1, 0.15) is 5.82 Å². The molecule has 0 aromatic heterocycles. The number of nitrogens with one attached hydrogen (secondary N) is 1. The van der Waals surface area contributed by atoms with Crippen LogP contribution in [0.2, 0.25) is 0 Å². The lowest BCUT2D eigenvalue weighted by Gasteiger charge is -2.08. The molecule has 2 N–H and O–H groups in total. The smallest absolute Gasteiger partial charge is 0.335 e. The van der Waals surface area contributed by atoms with Crippen molar-refractivity contribution in [2.75, 3.05) is 5.32 Å². The Hall–Kier alpha value is -1.88. The molecule has 0 saturated heterocycles. The van der Waals surface area contributed by atoms with Gasteiger partial charge in [0.2, 0.25) is 0 Å². The zero-order valence-corrected chi connectivity index (χ0v) is 11.4. The number of carbonyl (C=O) groups is 1. The van der Waals surface area contributed by atoms with E-state index in [1.807, 2.05) is 24.3 Å². The second kappa shape index (κ2) is 5.84. The van der Waals surface area contributed by atoms with E-state index < -0.39 is 11.8 Å². The molecule has 0 saturated carbocycles. The number of hydrogen-bond acceptors (Lipinski definition) is 2. The van der Waals surface area contributed by atoms with E-state index in [1.54, 1.807) is 0 Å². The standard InChI is InChI=1S/C14H11BrFNO2/c15-11-4-1-9(2-5-11)8-17-13-7-10(14(18)19)3-6-12(13)16/h1-7,17H,8H2,(H,18,19). The molecule has 2 aromatic carbocycles. The SMILES string of the molecule is O=C(O)c1ccc(F)c(NCc2ccc(Br)cc2)c1. The van der Waals surface area contributed by atoms with Gasteiger partial charge in [0, 0.05) is 11.0 Å². The van der Waals surface area contributed by atoms with Gasteiger partial charge in [-0.3, -0.25) is 0 Å². The summed E-state index contributed by atoms with van der Waals surface area (Å²) in [4.78, 5) is 10.8. The van der Waals surface area contributed by atoms with Crippen molar-refractivity contribution in [1.82, 2.24) is 0 Å². The maximum absolute atomic E-state index is 13.5. The third-order valence-corrected chi connectivity index (χ3v) is 3.14. The lowest BCUT2D eigenvalue weighted by Crippen LogP contribution is -2.04. The molecule has 3 nitrogen and oxygen atoms in total. The van der Waals surface area contributed by atoms with Crippen LogP contribution in [0.15, 0.2) is 46.9 Å². The van der Waals surface area contributed by atoms with E-state index in [0.29, 0.717) is 6.54 Å². The van der Waals surface area contributed by atoms with Crippen molar-refractivity contribution in [1.29, 1.82) is 0 Å². The molecule has 0 fully saturated rings. The molecular formula is C14H11BrFNO2. The Labute approximate surface area is 118 Å². The second-order valence-corrected chi connectivity index (χ2v) is 4.90. The van der Waals surface area contributed by atoms with Crippen LogP contribution in [0.4, 0.5) is 10.1 Å². The summed E-state index contributed by atoms with van der Waals surface area (Å²) in [5.74, 6) is -1.55. The Morgan fingerprint density at radius 3 is 2.53 bits per heavy atom. The first-order valence-electron chi connectivity index (χ1n) is 5.57. The zero-order chi connectivity index (χ0) is 13.8. The molecule has 0 atom stereocenters. The van der Waals surface area contributed by atoms with Gasteiger partial charge in [-0.05, 0) is 35.9 Å². The van der Waals surface area contributed by atoms with E-state index in [1.165, 1.54) is 12.1 Å². The molecule has 0 bridgehead atoms. The number of aromatic carboxylic acids is 1. The number of benzene rings is 2. The van der Waals surface area contributed by atoms with E-state index in [2.05, 4.69) is 21.2 Å². The summed E-state index contributed by atoms with van der Waals surface area (Å²) >= 11 is 3.33. The summed E-state index contributed by atoms with van der Waals surface area (Å²) in [7, 11) is 0. The minimum Gasteiger partial charge on any atom is -0.478 e. The Balaban J connectivity index is 2.12. The molecule has 2 aromatic rings. The van der Waals surface area contributed by atoms with Gasteiger partial charge in [0.15, 0.2) is 0 Å². The lowest BCUT2D eigenvalue weighted by atomic mass is 10.1. The van der Waals surface area contributed by atoms with Crippen LogP contribution in [0, 0.1) is 5.82 Å². The van der Waals surface area contributed by atoms with Crippen LogP contribution in [0.3, 0.4) is 0 Å². The fraction of sp³-hybridized carbons (Fsp3) is 0.0714. The van der Waals surface area contributed by atoms with Crippen molar-refractivity contribution in [2.24, 2.45) is 0 Å². The Kier molecular flexibility index (Phi) is 4.16. The Bertz CT molecular complexity index is 599. The first-order chi connectivity index (χ1) is 9.06. The molecule has 0 radical (unpaired) electrons. The van der Waals surface area contributed by atoms with Crippen molar-refractivity contribution in [2.45, 2.75) is 6.54 Å². The molecule has 0 amide bonds. The van der Waals surface area contributed by atoms with Gasteiger partial charge >= 0.3 is 5.97 Å². The Morgan fingerprint density at radius 2 is 1.89 bits per heavy atom. The number of hydrogen-bond donors (Lipinski definition) is 2. The van der Waals surface area contributed by atoms with Gasteiger partial charge in [-0.25, -0.2) is 9.18 Å². The predicted octanol–water partition coefficient (Wildman–Crippen LogP) is 3.90. The van der Waals surface area contributed by atoms with E-state index in [0.717, 1.165) is 16.1 Å². The zero-order valence-electron chi connectivity index (χ0n) is 9.86. The van der Waals surface area contributed by atoms with Gasteiger partial charge < -0.3 is 10.4 Å². The summed E-state index contributed by atoms with van der Waals surface area (Å²) in [5.41, 5.74) is 1.21. The topological polar surface area (TPSA) is 49.3 Å². The Morgan fingerprint density at radius 1 is 1.21 bits per heavy atom. The van der Waals surface area contributed by atoms with Crippen LogP contribution in [-0.2, 0) is 6.54 Å². The van der Waals surface area contributed by atoms with Gasteiger partial charge in [-0.2, -0.15) is 0 Å². The number of carboxylic acid groups (broad SMARTS) is 1. The van der Waals surface area contributed by atoms with E-state index in [-0.39, 0.29) is 11.3 Å². The van der Waals surface area contributed by atoms with Crippen LogP contribution in [0.5, 0.6) is 0 Å². The number of halogens is 2. The fourth-order valence-electron chi connectivity index (χ4n) is 1.59. The van der Waals surface area contributed by atoms with Crippen molar-refractivity contribution < 1.29 is 14.3 Å². The fourth-order valence-corrected chi connectivity index (χ4v) is 1.86. The highest BCUT2D eigenvalue weighted by atomic mass is 79.9. The average molecular weight is 324 g/mol. The van der Waals surface area contributed by atoms with Gasteiger partial charge in [0.25, 0.3) is 0 Å². The number of carboxylic acids is 1. The van der Waals surface area contributed by atoms with Crippen LogP contribution >= 0.6 is 15.9 Å². The maximum atomic E-state index is 13.5. The first-order valence-corrected chi connectivity index (χ1v) is 6.37. The van der Waals surface area contributed by atoms with Crippen molar-refractivity contribution in [3.63, 3.8) is 0 Å². The molecule has 5 heteroatoms. The molecule has 0 aliphatic carbocycles. The van der Waals surface area contributed by atoms with Crippen LogP contribution in [0.25, 0.3) is 0 Å². The van der Waals surface area contributed by atoms with Crippen LogP contribution < -0.4 is 5.32 Å². The predicted molar refractivity (Wildman–Crippen MR) is 74.8 cm³/mol. The molecule has 0 aliphatic rings. The van der Waals surface area contributed by atoms with E-state index >= 15 is 0 Å². The maximum Gasteiger partial charge on any atom is 0.335 e. The molecule has 0 aliphatic heterocycles. The largest absolute Gasteiger partial charge is 0.478 e. The minimum absolute atomic E-state index is 0.0553. The summed E-state index contributed by atoms with van der Waals surface area (Å²) in [6.45, 7) is 0.424. The molecule has 0 spiro atoms. The van der Waals surface area contributed by atoms with E-state index in [4.69, 9.17) is 5.11 Å². The third-order valence-electron chi connectivity index (χ3n) is 2.61. The second-order valence-electron chi connectivity index (χ2n) is 3.98. The van der Waals surface area contributed by atoms with Crippen molar-refractivity contribution >= 4 is 27.6 Å². The van der Waals surface area contributed by atoms with Crippen LogP contribution in [0.1, 0.15) is 15.9 Å². The van der Waals surface area contributed by atoms with Gasteiger partial charge in [-0.15, -0.1) is 0 Å². The molecule has 98 valence electrons. The van der Waals surface area contributed by atoms with Gasteiger partial charge in [0.05, 0.1) is 11.3 Å². The number of rotatable bonds is 4. The van der Waals surface area contributed by atoms with E-state index in [9.17, 15) is 9.18 Å². The molecular weight excluding hydrogens is 313 g/mol. The highest BCUT2D eigenvalue weighted by molar-refractivity contribution is 9.10. The number of anilines is 1. The van der Waals surface area contributed by atoms with Crippen LogP contribution in [-0.4, -0.2) is 11.1 Å². The summed E-state index contributed by atoms with van der Waals surface area (Å²) in [5, 5.41) is 11.8.